The molecule has 2 aliphatic rings. The Balaban J connectivity index is 1.71. The number of esters is 1. The average Bonchev–Trinajstić information content (AvgIpc) is 2.63. The summed E-state index contributed by atoms with van der Waals surface area (Å²) in [6.07, 6.45) is -1.75. The van der Waals surface area contributed by atoms with E-state index in [1.807, 2.05) is 0 Å². The standard InChI is InChI=1S/C19H26O7/c20-12-6-3-9-15(17(12)22)25-14-8-2-1-5-11(14)19(24)26-16-10-4-7-13(21)18(16)23/h1-2,5,8,12-13,15-18,20-23H,3-4,6-7,9-10H2. The molecule has 1 aromatic carbocycles. The molecule has 1 aromatic rings. The van der Waals surface area contributed by atoms with Crippen molar-refractivity contribution in [1.82, 2.24) is 0 Å². The van der Waals surface area contributed by atoms with Crippen LogP contribution in [0.4, 0.5) is 0 Å². The van der Waals surface area contributed by atoms with Crippen molar-refractivity contribution >= 4 is 5.97 Å². The lowest BCUT2D eigenvalue weighted by Crippen LogP contribution is -2.44. The third-order valence-electron chi connectivity index (χ3n) is 5.17. The molecule has 0 bridgehead atoms. The Labute approximate surface area is 152 Å². The van der Waals surface area contributed by atoms with Crippen LogP contribution in [-0.4, -0.2) is 63.0 Å². The molecule has 0 aromatic heterocycles. The van der Waals surface area contributed by atoms with Crippen LogP contribution in [0.1, 0.15) is 48.9 Å². The third kappa shape index (κ3) is 4.17. The van der Waals surface area contributed by atoms with E-state index in [1.54, 1.807) is 24.3 Å². The molecule has 0 amide bonds. The maximum Gasteiger partial charge on any atom is 0.342 e. The van der Waals surface area contributed by atoms with Gasteiger partial charge in [0.25, 0.3) is 0 Å². The summed E-state index contributed by atoms with van der Waals surface area (Å²) in [4.78, 5) is 12.6. The van der Waals surface area contributed by atoms with E-state index in [0.717, 1.165) is 6.42 Å². The number of hydrogen-bond donors (Lipinski definition) is 4. The highest BCUT2D eigenvalue weighted by molar-refractivity contribution is 5.92. The van der Waals surface area contributed by atoms with Crippen LogP contribution in [0.15, 0.2) is 24.3 Å². The molecule has 7 heteroatoms. The molecule has 4 N–H and O–H groups in total. The van der Waals surface area contributed by atoms with Crippen LogP contribution in [0.25, 0.3) is 0 Å². The quantitative estimate of drug-likeness (QED) is 0.582. The molecule has 0 aliphatic heterocycles. The van der Waals surface area contributed by atoms with Gasteiger partial charge < -0.3 is 29.9 Å². The highest BCUT2D eigenvalue weighted by Gasteiger charge is 2.35. The number of benzene rings is 1. The van der Waals surface area contributed by atoms with Gasteiger partial charge in [0.2, 0.25) is 0 Å². The SMILES string of the molecule is O=C(OC1CCCC(O)C1O)c1ccccc1OC1CCCC(O)C1O. The Hall–Kier alpha value is -1.67. The molecule has 0 radical (unpaired) electrons. The van der Waals surface area contributed by atoms with E-state index in [-0.39, 0.29) is 11.3 Å². The minimum Gasteiger partial charge on any atom is -0.487 e. The van der Waals surface area contributed by atoms with Crippen LogP contribution in [0, 0.1) is 0 Å². The first-order valence-corrected chi connectivity index (χ1v) is 9.16. The molecule has 0 spiro atoms. The summed E-state index contributed by atoms with van der Waals surface area (Å²) in [5.74, 6) is -0.383. The van der Waals surface area contributed by atoms with E-state index in [0.29, 0.717) is 32.1 Å². The molecule has 0 heterocycles. The molecule has 0 saturated heterocycles. The zero-order valence-electron chi connectivity index (χ0n) is 14.5. The van der Waals surface area contributed by atoms with Crippen molar-refractivity contribution < 1.29 is 34.7 Å². The zero-order chi connectivity index (χ0) is 18.7. The summed E-state index contributed by atoms with van der Waals surface area (Å²) >= 11 is 0. The predicted molar refractivity (Wildman–Crippen MR) is 91.8 cm³/mol. The summed E-state index contributed by atoms with van der Waals surface area (Å²) in [5, 5.41) is 39.7. The second-order valence-corrected chi connectivity index (χ2v) is 7.07. The van der Waals surface area contributed by atoms with Crippen LogP contribution >= 0.6 is 0 Å². The molecule has 2 aliphatic carbocycles. The number of carbonyl (C=O) groups is 1. The summed E-state index contributed by atoms with van der Waals surface area (Å²) < 4.78 is 11.2. The van der Waals surface area contributed by atoms with Gasteiger partial charge in [-0.25, -0.2) is 4.79 Å². The van der Waals surface area contributed by atoms with E-state index in [9.17, 15) is 25.2 Å². The molecule has 26 heavy (non-hydrogen) atoms. The van der Waals surface area contributed by atoms with Crippen molar-refractivity contribution in [3.63, 3.8) is 0 Å². The van der Waals surface area contributed by atoms with E-state index in [4.69, 9.17) is 9.47 Å². The number of aliphatic hydroxyl groups is 4. The Bertz CT molecular complexity index is 620. The van der Waals surface area contributed by atoms with Crippen molar-refractivity contribution in [2.45, 2.75) is 75.1 Å². The van der Waals surface area contributed by atoms with Gasteiger partial charge in [0.15, 0.2) is 0 Å². The van der Waals surface area contributed by atoms with Crippen molar-refractivity contribution in [3.05, 3.63) is 29.8 Å². The Morgan fingerprint density at radius 2 is 1.42 bits per heavy atom. The maximum absolute atomic E-state index is 12.6. The van der Waals surface area contributed by atoms with Gasteiger partial charge in [-0.2, -0.15) is 0 Å². The molecule has 6 unspecified atom stereocenters. The topological polar surface area (TPSA) is 116 Å². The first-order chi connectivity index (χ1) is 12.5. The number of hydrogen-bond acceptors (Lipinski definition) is 7. The van der Waals surface area contributed by atoms with Gasteiger partial charge in [-0.15, -0.1) is 0 Å². The Morgan fingerprint density at radius 1 is 0.846 bits per heavy atom. The van der Waals surface area contributed by atoms with Crippen LogP contribution in [-0.2, 0) is 4.74 Å². The summed E-state index contributed by atoms with van der Waals surface area (Å²) in [6.45, 7) is 0. The van der Waals surface area contributed by atoms with Gasteiger partial charge in [-0.1, -0.05) is 12.1 Å². The molecule has 6 atom stereocenters. The van der Waals surface area contributed by atoms with Crippen molar-refractivity contribution in [1.29, 1.82) is 0 Å². The second kappa shape index (κ2) is 8.35. The minimum atomic E-state index is -1.10. The highest BCUT2D eigenvalue weighted by Crippen LogP contribution is 2.29. The van der Waals surface area contributed by atoms with Gasteiger partial charge in [0.1, 0.15) is 35.7 Å². The molecule has 3 rings (SSSR count). The van der Waals surface area contributed by atoms with Crippen LogP contribution < -0.4 is 4.74 Å². The van der Waals surface area contributed by atoms with Gasteiger partial charge in [0, 0.05) is 0 Å². The predicted octanol–water partition coefficient (Wildman–Crippen LogP) is 0.771. The number of carbonyl (C=O) groups excluding carboxylic acids is 1. The lowest BCUT2D eigenvalue weighted by atomic mass is 9.92. The van der Waals surface area contributed by atoms with Crippen molar-refractivity contribution in [3.8, 4) is 5.75 Å². The monoisotopic (exact) mass is 366 g/mol. The van der Waals surface area contributed by atoms with Gasteiger partial charge >= 0.3 is 5.97 Å². The lowest BCUT2D eigenvalue weighted by Gasteiger charge is -2.33. The van der Waals surface area contributed by atoms with E-state index >= 15 is 0 Å². The Kier molecular flexibility index (Phi) is 6.13. The second-order valence-electron chi connectivity index (χ2n) is 7.07. The molecule has 2 saturated carbocycles. The van der Waals surface area contributed by atoms with Crippen LogP contribution in [0.5, 0.6) is 5.75 Å². The first-order valence-electron chi connectivity index (χ1n) is 9.16. The van der Waals surface area contributed by atoms with Crippen molar-refractivity contribution in [2.75, 3.05) is 0 Å². The van der Waals surface area contributed by atoms with Gasteiger partial charge in [-0.3, -0.25) is 0 Å². The fourth-order valence-electron chi connectivity index (χ4n) is 3.59. The summed E-state index contributed by atoms with van der Waals surface area (Å²) in [6, 6.07) is 6.53. The highest BCUT2D eigenvalue weighted by atomic mass is 16.6. The van der Waals surface area contributed by atoms with E-state index in [2.05, 4.69) is 0 Å². The fraction of sp³-hybridized carbons (Fsp3) is 0.632. The number of para-hydroxylation sites is 1. The maximum atomic E-state index is 12.6. The number of aliphatic hydroxyl groups excluding tert-OH is 4. The Morgan fingerprint density at radius 3 is 2.12 bits per heavy atom. The summed E-state index contributed by atoms with van der Waals surface area (Å²) in [7, 11) is 0. The lowest BCUT2D eigenvalue weighted by molar-refractivity contribution is -0.0928. The zero-order valence-corrected chi connectivity index (χ0v) is 14.5. The minimum absolute atomic E-state index is 0.187. The van der Waals surface area contributed by atoms with E-state index < -0.39 is 42.6 Å². The van der Waals surface area contributed by atoms with Gasteiger partial charge in [0.05, 0.1) is 12.2 Å². The summed E-state index contributed by atoms with van der Waals surface area (Å²) in [5.41, 5.74) is 0.187. The average molecular weight is 366 g/mol. The number of ether oxygens (including phenoxy) is 2. The van der Waals surface area contributed by atoms with E-state index in [1.165, 1.54) is 0 Å². The normalized spacial score (nSPS) is 34.9. The molecular weight excluding hydrogens is 340 g/mol. The van der Waals surface area contributed by atoms with Crippen molar-refractivity contribution in [2.24, 2.45) is 0 Å². The fourth-order valence-corrected chi connectivity index (χ4v) is 3.59. The number of rotatable bonds is 4. The largest absolute Gasteiger partial charge is 0.487 e. The van der Waals surface area contributed by atoms with Gasteiger partial charge in [-0.05, 0) is 50.7 Å². The van der Waals surface area contributed by atoms with Crippen LogP contribution in [0.3, 0.4) is 0 Å². The third-order valence-corrected chi connectivity index (χ3v) is 5.17. The molecular formula is C19H26O7. The first kappa shape index (κ1) is 19.1. The molecule has 2 fully saturated rings. The molecule has 144 valence electrons. The molecule has 7 nitrogen and oxygen atoms in total. The van der Waals surface area contributed by atoms with Crippen LogP contribution in [0.2, 0.25) is 0 Å². The smallest absolute Gasteiger partial charge is 0.342 e.